The molecule has 1 aliphatic rings. The van der Waals surface area contributed by atoms with E-state index in [1.807, 2.05) is 6.07 Å². The van der Waals surface area contributed by atoms with Crippen LogP contribution < -0.4 is 10.2 Å². The number of nitrogens with one attached hydrogen (secondary N) is 1. The molecule has 1 aromatic rings. The summed E-state index contributed by atoms with van der Waals surface area (Å²) >= 11 is 6.12. The Morgan fingerprint density at radius 1 is 1.26 bits per heavy atom. The minimum absolute atomic E-state index is 0.736. The fourth-order valence-electron chi connectivity index (χ4n) is 2.54. The first-order valence-corrected chi connectivity index (χ1v) is 7.42. The first kappa shape index (κ1) is 14.6. The van der Waals surface area contributed by atoms with E-state index in [0.29, 0.717) is 0 Å². The van der Waals surface area contributed by atoms with Gasteiger partial charge in [0, 0.05) is 44.0 Å². The zero-order valence-corrected chi connectivity index (χ0v) is 12.4. The number of hydrogen-bond acceptors (Lipinski definition) is 3. The molecule has 1 aliphatic heterocycles. The molecule has 2 rings (SSSR count). The Hall–Kier alpha value is -0.770. The predicted molar refractivity (Wildman–Crippen MR) is 81.1 cm³/mol. The molecule has 0 aromatic heterocycles. The molecule has 4 heteroatoms. The highest BCUT2D eigenvalue weighted by atomic mass is 35.5. The molecule has 1 saturated heterocycles. The van der Waals surface area contributed by atoms with E-state index in [0.717, 1.165) is 37.8 Å². The molecule has 1 heterocycles. The van der Waals surface area contributed by atoms with Crippen molar-refractivity contribution in [2.24, 2.45) is 0 Å². The third-order valence-electron chi connectivity index (χ3n) is 3.54. The summed E-state index contributed by atoms with van der Waals surface area (Å²) in [5.74, 6) is 0. The van der Waals surface area contributed by atoms with Crippen LogP contribution in [-0.4, -0.2) is 33.4 Å². The molecule has 3 nitrogen and oxygen atoms in total. The molecular formula is C15H23ClN2O. The summed E-state index contributed by atoms with van der Waals surface area (Å²) in [6.45, 7) is 4.76. The number of anilines is 1. The highest BCUT2D eigenvalue weighted by molar-refractivity contribution is 6.30. The summed E-state index contributed by atoms with van der Waals surface area (Å²) < 4.78 is 5.05. The summed E-state index contributed by atoms with van der Waals surface area (Å²) in [6, 6.07) is 6.22. The normalized spacial score (nSPS) is 15.8. The lowest BCUT2D eigenvalue weighted by Gasteiger charge is -2.30. The van der Waals surface area contributed by atoms with Crippen LogP contribution in [0.1, 0.15) is 24.8 Å². The zero-order valence-electron chi connectivity index (χ0n) is 11.6. The van der Waals surface area contributed by atoms with Crippen molar-refractivity contribution in [3.63, 3.8) is 0 Å². The van der Waals surface area contributed by atoms with Crippen molar-refractivity contribution < 1.29 is 4.74 Å². The maximum Gasteiger partial charge on any atom is 0.0587 e. The van der Waals surface area contributed by atoms with Crippen molar-refractivity contribution in [1.29, 1.82) is 0 Å². The van der Waals surface area contributed by atoms with E-state index >= 15 is 0 Å². The number of benzene rings is 1. The molecule has 19 heavy (non-hydrogen) atoms. The fourth-order valence-corrected chi connectivity index (χ4v) is 2.73. The highest BCUT2D eigenvalue weighted by Crippen LogP contribution is 2.26. The molecule has 0 spiro atoms. The van der Waals surface area contributed by atoms with E-state index in [2.05, 4.69) is 22.3 Å². The van der Waals surface area contributed by atoms with Crippen molar-refractivity contribution in [3.8, 4) is 0 Å². The van der Waals surface area contributed by atoms with Gasteiger partial charge < -0.3 is 15.0 Å². The second-order valence-electron chi connectivity index (χ2n) is 4.99. The molecule has 1 fully saturated rings. The van der Waals surface area contributed by atoms with Gasteiger partial charge in [-0.3, -0.25) is 0 Å². The number of ether oxygens (including phenoxy) is 1. The SMILES string of the molecule is COCCNCc1cc(Cl)ccc1N1CCCCC1. The number of rotatable bonds is 6. The van der Waals surface area contributed by atoms with Crippen LogP contribution >= 0.6 is 11.6 Å². The number of piperidine rings is 1. The van der Waals surface area contributed by atoms with Crippen molar-refractivity contribution in [2.75, 3.05) is 38.3 Å². The van der Waals surface area contributed by atoms with Crippen LogP contribution in [0.4, 0.5) is 5.69 Å². The lowest BCUT2D eigenvalue weighted by Crippen LogP contribution is -2.31. The molecule has 1 N–H and O–H groups in total. The standard InChI is InChI=1S/C15H23ClN2O/c1-19-10-7-17-12-13-11-14(16)5-6-15(13)18-8-3-2-4-9-18/h5-6,11,17H,2-4,7-10,12H2,1H3. The Balaban J connectivity index is 2.03. The minimum atomic E-state index is 0.736. The van der Waals surface area contributed by atoms with Crippen molar-refractivity contribution in [2.45, 2.75) is 25.8 Å². The Morgan fingerprint density at radius 3 is 2.79 bits per heavy atom. The molecule has 0 radical (unpaired) electrons. The Morgan fingerprint density at radius 2 is 2.05 bits per heavy atom. The van der Waals surface area contributed by atoms with Crippen molar-refractivity contribution in [1.82, 2.24) is 5.32 Å². The molecule has 0 amide bonds. The van der Waals surface area contributed by atoms with Crippen LogP contribution in [-0.2, 0) is 11.3 Å². The molecular weight excluding hydrogens is 260 g/mol. The Kier molecular flexibility index (Phi) is 5.95. The van der Waals surface area contributed by atoms with E-state index in [1.54, 1.807) is 7.11 Å². The van der Waals surface area contributed by atoms with Crippen molar-refractivity contribution in [3.05, 3.63) is 28.8 Å². The summed E-state index contributed by atoms with van der Waals surface area (Å²) in [5, 5.41) is 4.21. The highest BCUT2D eigenvalue weighted by Gasteiger charge is 2.14. The molecule has 0 aliphatic carbocycles. The van der Waals surface area contributed by atoms with Crippen LogP contribution in [0, 0.1) is 0 Å². The topological polar surface area (TPSA) is 24.5 Å². The summed E-state index contributed by atoms with van der Waals surface area (Å²) in [7, 11) is 1.72. The number of halogens is 1. The van der Waals surface area contributed by atoms with Gasteiger partial charge in [0.25, 0.3) is 0 Å². The largest absolute Gasteiger partial charge is 0.383 e. The summed E-state index contributed by atoms with van der Waals surface area (Å²) in [6.07, 6.45) is 3.93. The second kappa shape index (κ2) is 7.73. The van der Waals surface area contributed by atoms with Gasteiger partial charge in [-0.05, 0) is 43.0 Å². The first-order chi connectivity index (χ1) is 9.31. The van der Waals surface area contributed by atoms with E-state index in [9.17, 15) is 0 Å². The first-order valence-electron chi connectivity index (χ1n) is 7.04. The smallest absolute Gasteiger partial charge is 0.0587 e. The maximum atomic E-state index is 6.12. The quantitative estimate of drug-likeness (QED) is 0.812. The number of methoxy groups -OCH3 is 1. The molecule has 0 saturated carbocycles. The van der Waals surface area contributed by atoms with Gasteiger partial charge in [0.15, 0.2) is 0 Å². The predicted octanol–water partition coefficient (Wildman–Crippen LogP) is 3.07. The van der Waals surface area contributed by atoms with Gasteiger partial charge in [0.05, 0.1) is 6.61 Å². The Bertz CT molecular complexity index is 392. The van der Waals surface area contributed by atoms with Crippen LogP contribution in [0.15, 0.2) is 18.2 Å². The van der Waals surface area contributed by atoms with Crippen LogP contribution in [0.3, 0.4) is 0 Å². The van der Waals surface area contributed by atoms with Crippen LogP contribution in [0.25, 0.3) is 0 Å². The van der Waals surface area contributed by atoms with E-state index in [4.69, 9.17) is 16.3 Å². The lowest BCUT2D eigenvalue weighted by atomic mass is 10.1. The fraction of sp³-hybridized carbons (Fsp3) is 0.600. The van der Waals surface area contributed by atoms with Gasteiger partial charge in [0.1, 0.15) is 0 Å². The number of hydrogen-bond donors (Lipinski definition) is 1. The minimum Gasteiger partial charge on any atom is -0.383 e. The molecule has 106 valence electrons. The maximum absolute atomic E-state index is 6.12. The molecule has 0 atom stereocenters. The van der Waals surface area contributed by atoms with Gasteiger partial charge in [-0.25, -0.2) is 0 Å². The zero-order chi connectivity index (χ0) is 13.5. The van der Waals surface area contributed by atoms with E-state index < -0.39 is 0 Å². The second-order valence-corrected chi connectivity index (χ2v) is 5.43. The monoisotopic (exact) mass is 282 g/mol. The molecule has 0 unspecified atom stereocenters. The van der Waals surface area contributed by atoms with E-state index in [-0.39, 0.29) is 0 Å². The average Bonchev–Trinajstić information content (AvgIpc) is 2.45. The van der Waals surface area contributed by atoms with Gasteiger partial charge in [-0.1, -0.05) is 11.6 Å². The third-order valence-corrected chi connectivity index (χ3v) is 3.77. The third kappa shape index (κ3) is 4.37. The van der Waals surface area contributed by atoms with Gasteiger partial charge >= 0.3 is 0 Å². The van der Waals surface area contributed by atoms with Gasteiger partial charge in [0.2, 0.25) is 0 Å². The average molecular weight is 283 g/mol. The number of nitrogens with zero attached hydrogens (tertiary/aromatic N) is 1. The molecule has 1 aromatic carbocycles. The van der Waals surface area contributed by atoms with Crippen molar-refractivity contribution >= 4 is 17.3 Å². The van der Waals surface area contributed by atoms with Gasteiger partial charge in [-0.2, -0.15) is 0 Å². The van der Waals surface area contributed by atoms with Crippen LogP contribution in [0.5, 0.6) is 0 Å². The molecule has 0 bridgehead atoms. The lowest BCUT2D eigenvalue weighted by molar-refractivity contribution is 0.199. The van der Waals surface area contributed by atoms with Crippen LogP contribution in [0.2, 0.25) is 5.02 Å². The van der Waals surface area contributed by atoms with Gasteiger partial charge in [-0.15, -0.1) is 0 Å². The summed E-state index contributed by atoms with van der Waals surface area (Å²) in [4.78, 5) is 2.48. The van der Waals surface area contributed by atoms with E-state index in [1.165, 1.54) is 30.5 Å². The Labute approximate surface area is 120 Å². The summed E-state index contributed by atoms with van der Waals surface area (Å²) in [5.41, 5.74) is 2.61.